The fourth-order valence-electron chi connectivity index (χ4n) is 1.63. The number of aromatic amines is 1. The van der Waals surface area contributed by atoms with Crippen molar-refractivity contribution < 1.29 is 22.4 Å². The smallest absolute Gasteiger partial charge is 0.406 e. The Morgan fingerprint density at radius 3 is 2.75 bits per heavy atom. The summed E-state index contributed by atoms with van der Waals surface area (Å²) in [7, 11) is 0. The first kappa shape index (κ1) is 14.0. The van der Waals surface area contributed by atoms with Gasteiger partial charge in [0.05, 0.1) is 24.7 Å². The first-order valence-corrected chi connectivity index (χ1v) is 5.54. The van der Waals surface area contributed by atoms with Crippen LogP contribution in [0.2, 0.25) is 0 Å². The molecule has 20 heavy (non-hydrogen) atoms. The number of nitrogens with zero attached hydrogens (tertiary/aromatic N) is 2. The van der Waals surface area contributed by atoms with Crippen molar-refractivity contribution in [3.05, 3.63) is 36.0 Å². The van der Waals surface area contributed by atoms with Crippen molar-refractivity contribution in [3.8, 4) is 0 Å². The van der Waals surface area contributed by atoms with Crippen LogP contribution in [0.15, 0.2) is 29.0 Å². The molecule has 0 saturated carbocycles. The van der Waals surface area contributed by atoms with Crippen LogP contribution in [0.4, 0.5) is 18.9 Å². The number of H-pyrrole nitrogens is 1. The number of nitrogens with one attached hydrogen (secondary N) is 1. The number of rotatable bonds is 4. The Labute approximate surface area is 111 Å². The highest BCUT2D eigenvalue weighted by Crippen LogP contribution is 2.21. The number of furan rings is 1. The third-order valence-corrected chi connectivity index (χ3v) is 2.47. The summed E-state index contributed by atoms with van der Waals surface area (Å²) >= 11 is 0. The summed E-state index contributed by atoms with van der Waals surface area (Å²) in [5, 5.41) is 5.80. The number of aromatic nitrogens is 2. The molecule has 0 saturated heterocycles. The standard InChI is InChI=1S/C11H11F3N4O2/c12-11(13,14)6-18(5-7-2-1-3-20-7)10(19)9-8(15)4-16-17-9/h1-4H,5-6,15H2,(H,16,17). The van der Waals surface area contributed by atoms with Gasteiger partial charge < -0.3 is 15.1 Å². The van der Waals surface area contributed by atoms with E-state index in [4.69, 9.17) is 10.2 Å². The number of carbonyl (C=O) groups is 1. The predicted octanol–water partition coefficient (Wildman–Crippen LogP) is 1.79. The lowest BCUT2D eigenvalue weighted by molar-refractivity contribution is -0.142. The number of nitrogen functional groups attached to an aromatic ring is 1. The summed E-state index contributed by atoms with van der Waals surface area (Å²) in [4.78, 5) is 12.6. The molecule has 3 N–H and O–H groups in total. The quantitative estimate of drug-likeness (QED) is 0.897. The second-order valence-electron chi connectivity index (χ2n) is 4.06. The van der Waals surface area contributed by atoms with Gasteiger partial charge in [0.2, 0.25) is 0 Å². The molecule has 1 amide bonds. The minimum Gasteiger partial charge on any atom is -0.467 e. The summed E-state index contributed by atoms with van der Waals surface area (Å²) in [6, 6.07) is 3.00. The molecule has 0 radical (unpaired) electrons. The van der Waals surface area contributed by atoms with Crippen LogP contribution in [-0.4, -0.2) is 33.7 Å². The molecule has 2 aromatic heterocycles. The second-order valence-corrected chi connectivity index (χ2v) is 4.06. The Hall–Kier alpha value is -2.45. The molecule has 0 unspecified atom stereocenters. The monoisotopic (exact) mass is 288 g/mol. The molecule has 0 spiro atoms. The van der Waals surface area contributed by atoms with Crippen LogP contribution in [0.25, 0.3) is 0 Å². The highest BCUT2D eigenvalue weighted by molar-refractivity contribution is 5.96. The van der Waals surface area contributed by atoms with Crippen LogP contribution in [0.1, 0.15) is 16.2 Å². The highest BCUT2D eigenvalue weighted by atomic mass is 19.4. The van der Waals surface area contributed by atoms with E-state index in [0.29, 0.717) is 4.90 Å². The van der Waals surface area contributed by atoms with E-state index in [1.807, 2.05) is 0 Å². The van der Waals surface area contributed by atoms with Gasteiger partial charge in [-0.25, -0.2) is 0 Å². The van der Waals surface area contributed by atoms with Crippen LogP contribution in [0.5, 0.6) is 0 Å². The number of hydrogen-bond donors (Lipinski definition) is 2. The zero-order valence-electron chi connectivity index (χ0n) is 10.1. The van der Waals surface area contributed by atoms with Gasteiger partial charge in [-0.05, 0) is 12.1 Å². The third kappa shape index (κ3) is 3.31. The average molecular weight is 288 g/mol. The number of carbonyl (C=O) groups excluding carboxylic acids is 1. The molecular formula is C11H11F3N4O2. The van der Waals surface area contributed by atoms with Crippen molar-refractivity contribution in [2.75, 3.05) is 12.3 Å². The van der Waals surface area contributed by atoms with Gasteiger partial charge in [-0.15, -0.1) is 0 Å². The van der Waals surface area contributed by atoms with Gasteiger partial charge in [0.15, 0.2) is 0 Å². The normalized spacial score (nSPS) is 11.6. The minimum absolute atomic E-state index is 0.0124. The number of nitrogens with two attached hydrogens (primary N) is 1. The van der Waals surface area contributed by atoms with Gasteiger partial charge in [0.1, 0.15) is 18.0 Å². The first-order valence-electron chi connectivity index (χ1n) is 5.54. The number of hydrogen-bond acceptors (Lipinski definition) is 4. The van der Waals surface area contributed by atoms with Crippen molar-refractivity contribution in [3.63, 3.8) is 0 Å². The fraction of sp³-hybridized carbons (Fsp3) is 0.273. The summed E-state index contributed by atoms with van der Waals surface area (Å²) in [6.45, 7) is -1.73. The van der Waals surface area contributed by atoms with Crippen molar-refractivity contribution in [1.82, 2.24) is 15.1 Å². The number of amides is 1. The molecule has 0 aliphatic heterocycles. The molecular weight excluding hydrogens is 277 g/mol. The fourth-order valence-corrected chi connectivity index (χ4v) is 1.63. The Kier molecular flexibility index (Phi) is 3.68. The van der Waals surface area contributed by atoms with Gasteiger partial charge >= 0.3 is 6.18 Å². The zero-order valence-corrected chi connectivity index (χ0v) is 10.1. The van der Waals surface area contributed by atoms with Gasteiger partial charge in [-0.3, -0.25) is 9.89 Å². The average Bonchev–Trinajstić information content (AvgIpc) is 2.97. The summed E-state index contributed by atoms with van der Waals surface area (Å²) < 4.78 is 42.6. The van der Waals surface area contributed by atoms with Crippen molar-refractivity contribution in [2.45, 2.75) is 12.7 Å². The molecule has 108 valence electrons. The molecule has 9 heteroatoms. The lowest BCUT2D eigenvalue weighted by atomic mass is 10.3. The van der Waals surface area contributed by atoms with Crippen LogP contribution in [0, 0.1) is 0 Å². The Balaban J connectivity index is 2.22. The minimum atomic E-state index is -4.53. The highest BCUT2D eigenvalue weighted by Gasteiger charge is 2.34. The number of anilines is 1. The van der Waals surface area contributed by atoms with Crippen LogP contribution >= 0.6 is 0 Å². The van der Waals surface area contributed by atoms with Crippen LogP contribution < -0.4 is 5.73 Å². The van der Waals surface area contributed by atoms with Gasteiger partial charge in [0, 0.05) is 0 Å². The number of halogens is 3. The summed E-state index contributed by atoms with van der Waals surface area (Å²) in [5.41, 5.74) is 5.28. The summed E-state index contributed by atoms with van der Waals surface area (Å²) in [6.07, 6.45) is -2.06. The lowest BCUT2D eigenvalue weighted by Crippen LogP contribution is -2.38. The van der Waals surface area contributed by atoms with Crippen molar-refractivity contribution in [1.29, 1.82) is 0 Å². The van der Waals surface area contributed by atoms with Crippen LogP contribution in [-0.2, 0) is 6.54 Å². The molecule has 6 nitrogen and oxygen atoms in total. The molecule has 0 aliphatic rings. The molecule has 0 aromatic carbocycles. The van der Waals surface area contributed by atoms with E-state index in [2.05, 4.69) is 10.2 Å². The SMILES string of the molecule is Nc1cn[nH]c1C(=O)N(Cc1ccco1)CC(F)(F)F. The van der Waals surface area contributed by atoms with E-state index in [1.165, 1.54) is 18.4 Å². The van der Waals surface area contributed by atoms with E-state index < -0.39 is 18.6 Å². The maximum atomic E-state index is 12.6. The Bertz CT molecular complexity index is 577. The second kappa shape index (κ2) is 5.27. The van der Waals surface area contributed by atoms with Gasteiger partial charge in [-0.1, -0.05) is 0 Å². The Morgan fingerprint density at radius 2 is 2.25 bits per heavy atom. The van der Waals surface area contributed by atoms with E-state index in [9.17, 15) is 18.0 Å². The molecule has 2 aromatic rings. The van der Waals surface area contributed by atoms with E-state index in [-0.39, 0.29) is 23.7 Å². The molecule has 0 atom stereocenters. The van der Waals surface area contributed by atoms with Gasteiger partial charge in [0.25, 0.3) is 5.91 Å². The van der Waals surface area contributed by atoms with E-state index in [0.717, 1.165) is 6.20 Å². The van der Waals surface area contributed by atoms with Crippen LogP contribution in [0.3, 0.4) is 0 Å². The molecule has 0 aliphatic carbocycles. The van der Waals surface area contributed by atoms with Crippen molar-refractivity contribution >= 4 is 11.6 Å². The largest absolute Gasteiger partial charge is 0.467 e. The third-order valence-electron chi connectivity index (χ3n) is 2.47. The molecule has 0 fully saturated rings. The molecule has 2 heterocycles. The van der Waals surface area contributed by atoms with E-state index in [1.54, 1.807) is 0 Å². The molecule has 2 rings (SSSR count). The lowest BCUT2D eigenvalue weighted by Gasteiger charge is -2.22. The zero-order chi connectivity index (χ0) is 14.8. The maximum Gasteiger partial charge on any atom is 0.406 e. The maximum absolute atomic E-state index is 12.6. The van der Waals surface area contributed by atoms with Crippen molar-refractivity contribution in [2.24, 2.45) is 0 Å². The number of alkyl halides is 3. The first-order chi connectivity index (χ1) is 9.37. The topological polar surface area (TPSA) is 88.1 Å². The van der Waals surface area contributed by atoms with E-state index >= 15 is 0 Å². The summed E-state index contributed by atoms with van der Waals surface area (Å²) in [5.74, 6) is -0.658. The predicted molar refractivity (Wildman–Crippen MR) is 62.5 cm³/mol. The molecule has 0 bridgehead atoms. The van der Waals surface area contributed by atoms with Gasteiger partial charge in [-0.2, -0.15) is 18.3 Å². The Morgan fingerprint density at radius 1 is 1.50 bits per heavy atom.